The van der Waals surface area contributed by atoms with E-state index in [1.807, 2.05) is 31.2 Å². The first kappa shape index (κ1) is 15.3. The molecule has 0 fully saturated rings. The van der Waals surface area contributed by atoms with Gasteiger partial charge in [0.25, 0.3) is 0 Å². The fraction of sp³-hybridized carbons (Fsp3) is 0.308. The van der Waals surface area contributed by atoms with Gasteiger partial charge in [-0.3, -0.25) is 4.79 Å². The maximum absolute atomic E-state index is 11.4. The Kier molecular flexibility index (Phi) is 5.82. The van der Waals surface area contributed by atoms with E-state index in [0.717, 1.165) is 27.1 Å². The minimum Gasteiger partial charge on any atom is -0.301 e. The lowest BCUT2D eigenvalue weighted by atomic mass is 10.2. The van der Waals surface area contributed by atoms with Crippen molar-refractivity contribution in [2.24, 2.45) is 0 Å². The number of amides is 1. The Morgan fingerprint density at radius 3 is 2.95 bits per heavy atom. The van der Waals surface area contributed by atoms with E-state index in [4.69, 9.17) is 11.6 Å². The Hall–Kier alpha value is -1.11. The van der Waals surface area contributed by atoms with Gasteiger partial charge in [0.15, 0.2) is 4.34 Å². The highest BCUT2D eigenvalue weighted by molar-refractivity contribution is 8.00. The lowest BCUT2D eigenvalue weighted by Gasteiger charge is -2.00. The van der Waals surface area contributed by atoms with Crippen molar-refractivity contribution < 1.29 is 4.79 Å². The van der Waals surface area contributed by atoms with Crippen LogP contribution >= 0.6 is 34.7 Å². The molecule has 1 aromatic carbocycles. The summed E-state index contributed by atoms with van der Waals surface area (Å²) in [5.74, 6) is 0.711. The molecule has 0 saturated carbocycles. The van der Waals surface area contributed by atoms with Crippen LogP contribution in [0.3, 0.4) is 0 Å². The molecule has 0 unspecified atom stereocenters. The smallest absolute Gasteiger partial charge is 0.226 e. The van der Waals surface area contributed by atoms with Gasteiger partial charge >= 0.3 is 0 Å². The second-order valence-electron chi connectivity index (χ2n) is 4.05. The first-order valence-corrected chi connectivity index (χ1v) is 8.36. The number of carbonyl (C=O) groups excluding carboxylic acids is 1. The van der Waals surface area contributed by atoms with Crippen LogP contribution in [0.2, 0.25) is 5.02 Å². The number of carbonyl (C=O) groups is 1. The van der Waals surface area contributed by atoms with Gasteiger partial charge in [0.2, 0.25) is 11.0 Å². The van der Waals surface area contributed by atoms with Gasteiger partial charge in [-0.05, 0) is 18.1 Å². The van der Waals surface area contributed by atoms with Gasteiger partial charge in [-0.2, -0.15) is 0 Å². The molecule has 20 heavy (non-hydrogen) atoms. The summed E-state index contributed by atoms with van der Waals surface area (Å²) >= 11 is 9.03. The summed E-state index contributed by atoms with van der Waals surface area (Å²) in [4.78, 5) is 11.4. The minimum atomic E-state index is -0.0219. The maximum atomic E-state index is 11.4. The van der Waals surface area contributed by atoms with Crippen molar-refractivity contribution in [1.29, 1.82) is 0 Å². The van der Waals surface area contributed by atoms with Gasteiger partial charge in [0.1, 0.15) is 0 Å². The maximum Gasteiger partial charge on any atom is 0.226 e. The average molecular weight is 328 g/mol. The van der Waals surface area contributed by atoms with Crippen molar-refractivity contribution in [3.8, 4) is 0 Å². The molecule has 1 aromatic heterocycles. The first-order valence-electron chi connectivity index (χ1n) is 6.18. The normalized spacial score (nSPS) is 10.5. The Morgan fingerprint density at radius 2 is 2.20 bits per heavy atom. The number of hydrogen-bond acceptors (Lipinski definition) is 5. The van der Waals surface area contributed by atoms with E-state index in [2.05, 4.69) is 15.5 Å². The van der Waals surface area contributed by atoms with Crippen LogP contribution in [0.1, 0.15) is 25.3 Å². The highest BCUT2D eigenvalue weighted by Gasteiger charge is 2.08. The Morgan fingerprint density at radius 1 is 1.40 bits per heavy atom. The highest BCUT2D eigenvalue weighted by Crippen LogP contribution is 2.30. The molecule has 1 amide bonds. The van der Waals surface area contributed by atoms with E-state index in [1.54, 1.807) is 11.8 Å². The van der Waals surface area contributed by atoms with Crippen molar-refractivity contribution in [2.45, 2.75) is 29.9 Å². The van der Waals surface area contributed by atoms with Gasteiger partial charge in [-0.25, -0.2) is 0 Å². The molecule has 0 spiro atoms. The van der Waals surface area contributed by atoms with E-state index in [1.165, 1.54) is 11.3 Å². The Labute approximate surface area is 130 Å². The van der Waals surface area contributed by atoms with Gasteiger partial charge < -0.3 is 5.32 Å². The Balaban J connectivity index is 1.90. The number of nitrogens with one attached hydrogen (secondary N) is 1. The molecule has 2 rings (SSSR count). The number of thioether (sulfide) groups is 1. The van der Waals surface area contributed by atoms with E-state index >= 15 is 0 Å². The van der Waals surface area contributed by atoms with Gasteiger partial charge in [-0.15, -0.1) is 10.2 Å². The number of halogens is 1. The summed E-state index contributed by atoms with van der Waals surface area (Å²) in [5, 5.41) is 12.0. The molecule has 1 heterocycles. The number of benzene rings is 1. The third kappa shape index (κ3) is 4.47. The van der Waals surface area contributed by atoms with Crippen LogP contribution in [-0.2, 0) is 10.5 Å². The van der Waals surface area contributed by atoms with Crippen molar-refractivity contribution >= 4 is 45.7 Å². The molecule has 0 atom stereocenters. The number of aromatic nitrogens is 2. The zero-order valence-electron chi connectivity index (χ0n) is 10.9. The van der Waals surface area contributed by atoms with Crippen LogP contribution in [0, 0.1) is 0 Å². The van der Waals surface area contributed by atoms with E-state index in [-0.39, 0.29) is 5.91 Å². The van der Waals surface area contributed by atoms with E-state index in [0.29, 0.717) is 11.6 Å². The summed E-state index contributed by atoms with van der Waals surface area (Å²) < 4.78 is 0.816. The van der Waals surface area contributed by atoms with Crippen LogP contribution in [0.5, 0.6) is 0 Å². The van der Waals surface area contributed by atoms with Crippen molar-refractivity contribution in [3.05, 3.63) is 34.9 Å². The summed E-state index contributed by atoms with van der Waals surface area (Å²) in [5.41, 5.74) is 1.06. The molecule has 106 valence electrons. The monoisotopic (exact) mass is 327 g/mol. The predicted octanol–water partition coefficient (Wildman–Crippen LogP) is 4.22. The molecule has 1 N–H and O–H groups in total. The number of hydrogen-bond donors (Lipinski definition) is 1. The molecule has 0 bridgehead atoms. The molecule has 0 aliphatic rings. The molecule has 0 radical (unpaired) electrons. The topological polar surface area (TPSA) is 54.9 Å². The summed E-state index contributed by atoms with van der Waals surface area (Å²) in [6.45, 7) is 1.96. The summed E-state index contributed by atoms with van der Waals surface area (Å²) in [7, 11) is 0. The van der Waals surface area contributed by atoms with Crippen molar-refractivity contribution in [1.82, 2.24) is 10.2 Å². The summed E-state index contributed by atoms with van der Waals surface area (Å²) in [6.07, 6.45) is 1.32. The SMILES string of the molecule is CCCC(=O)Nc1nnc(SCc2ccccc2Cl)s1. The third-order valence-electron chi connectivity index (χ3n) is 2.44. The fourth-order valence-corrected chi connectivity index (χ4v) is 3.54. The quantitative estimate of drug-likeness (QED) is 0.637. The van der Waals surface area contributed by atoms with E-state index in [9.17, 15) is 4.79 Å². The molecular formula is C13H14ClN3OS2. The standard InChI is InChI=1S/C13H14ClN3OS2/c1-2-5-11(18)15-12-16-17-13(20-12)19-8-9-6-3-4-7-10(9)14/h3-4,6-7H,2,5,8H2,1H3,(H,15,16,18). The highest BCUT2D eigenvalue weighted by atomic mass is 35.5. The number of anilines is 1. The van der Waals surface area contributed by atoms with E-state index < -0.39 is 0 Å². The van der Waals surface area contributed by atoms with Crippen molar-refractivity contribution in [3.63, 3.8) is 0 Å². The van der Waals surface area contributed by atoms with Gasteiger partial charge in [0, 0.05) is 17.2 Å². The van der Waals surface area contributed by atoms with Crippen LogP contribution in [0.25, 0.3) is 0 Å². The molecule has 0 aliphatic carbocycles. The fourth-order valence-electron chi connectivity index (χ4n) is 1.48. The van der Waals surface area contributed by atoms with Crippen LogP contribution < -0.4 is 5.32 Å². The number of nitrogens with zero attached hydrogens (tertiary/aromatic N) is 2. The first-order chi connectivity index (χ1) is 9.69. The molecular weight excluding hydrogens is 314 g/mol. The molecule has 0 saturated heterocycles. The predicted molar refractivity (Wildman–Crippen MR) is 84.5 cm³/mol. The van der Waals surface area contributed by atoms with Crippen LogP contribution in [-0.4, -0.2) is 16.1 Å². The number of rotatable bonds is 6. The van der Waals surface area contributed by atoms with Gasteiger partial charge in [0.05, 0.1) is 0 Å². The van der Waals surface area contributed by atoms with Gasteiger partial charge in [-0.1, -0.05) is 59.8 Å². The van der Waals surface area contributed by atoms with Crippen LogP contribution in [0.4, 0.5) is 5.13 Å². The second-order valence-corrected chi connectivity index (χ2v) is 6.66. The zero-order valence-corrected chi connectivity index (χ0v) is 13.3. The molecule has 4 nitrogen and oxygen atoms in total. The molecule has 2 aromatic rings. The Bertz CT molecular complexity index is 589. The third-order valence-corrected chi connectivity index (χ3v) is 4.83. The zero-order chi connectivity index (χ0) is 14.4. The second kappa shape index (κ2) is 7.61. The lowest BCUT2D eigenvalue weighted by Crippen LogP contribution is -2.10. The molecule has 7 heteroatoms. The lowest BCUT2D eigenvalue weighted by molar-refractivity contribution is -0.116. The largest absolute Gasteiger partial charge is 0.301 e. The van der Waals surface area contributed by atoms with Crippen molar-refractivity contribution in [2.75, 3.05) is 5.32 Å². The average Bonchev–Trinajstić information content (AvgIpc) is 2.85. The van der Waals surface area contributed by atoms with Crippen LogP contribution in [0.15, 0.2) is 28.6 Å². The minimum absolute atomic E-state index is 0.0219. The summed E-state index contributed by atoms with van der Waals surface area (Å²) in [6, 6.07) is 7.72. The molecule has 0 aliphatic heterocycles.